The SMILES string of the molecule is CN(CCC(=O)O)c1ccccc1C(=O)O. The van der Waals surface area contributed by atoms with Gasteiger partial charge >= 0.3 is 11.9 Å². The first kappa shape index (κ1) is 12.0. The standard InChI is InChI=1S/C11H13NO4/c1-12(7-6-10(13)14)9-5-3-2-4-8(9)11(15)16/h2-5H,6-7H2,1H3,(H,13,14)(H,15,16). The smallest absolute Gasteiger partial charge is 0.337 e. The summed E-state index contributed by atoms with van der Waals surface area (Å²) in [4.78, 5) is 23.0. The molecule has 0 fully saturated rings. The number of hydrogen-bond donors (Lipinski definition) is 2. The number of carboxylic acids is 2. The number of para-hydroxylation sites is 1. The lowest BCUT2D eigenvalue weighted by molar-refractivity contribution is -0.136. The van der Waals surface area contributed by atoms with E-state index in [-0.39, 0.29) is 18.5 Å². The molecule has 0 spiro atoms. The Morgan fingerprint density at radius 1 is 1.25 bits per heavy atom. The topological polar surface area (TPSA) is 77.8 Å². The van der Waals surface area contributed by atoms with Gasteiger partial charge in [0.2, 0.25) is 0 Å². The Morgan fingerprint density at radius 2 is 1.88 bits per heavy atom. The third kappa shape index (κ3) is 2.98. The van der Waals surface area contributed by atoms with E-state index in [2.05, 4.69) is 0 Å². The van der Waals surface area contributed by atoms with Crippen molar-refractivity contribution in [2.24, 2.45) is 0 Å². The first-order chi connectivity index (χ1) is 7.52. The highest BCUT2D eigenvalue weighted by Gasteiger charge is 2.12. The van der Waals surface area contributed by atoms with Crippen LogP contribution in [0.4, 0.5) is 5.69 Å². The van der Waals surface area contributed by atoms with Crippen LogP contribution < -0.4 is 4.90 Å². The minimum Gasteiger partial charge on any atom is -0.481 e. The molecule has 1 aromatic carbocycles. The van der Waals surface area contributed by atoms with Crippen LogP contribution in [-0.2, 0) is 4.79 Å². The summed E-state index contributed by atoms with van der Waals surface area (Å²) in [5.74, 6) is -1.92. The van der Waals surface area contributed by atoms with Gasteiger partial charge in [0.25, 0.3) is 0 Å². The summed E-state index contributed by atoms with van der Waals surface area (Å²) < 4.78 is 0. The maximum absolute atomic E-state index is 10.9. The molecule has 16 heavy (non-hydrogen) atoms. The Labute approximate surface area is 92.9 Å². The fraction of sp³-hybridized carbons (Fsp3) is 0.273. The van der Waals surface area contributed by atoms with Crippen molar-refractivity contribution in [3.63, 3.8) is 0 Å². The molecule has 5 nitrogen and oxygen atoms in total. The monoisotopic (exact) mass is 223 g/mol. The number of rotatable bonds is 5. The summed E-state index contributed by atoms with van der Waals surface area (Å²) in [6, 6.07) is 6.51. The molecule has 0 aliphatic rings. The van der Waals surface area contributed by atoms with E-state index < -0.39 is 11.9 Å². The summed E-state index contributed by atoms with van der Waals surface area (Å²) >= 11 is 0. The van der Waals surface area contributed by atoms with Gasteiger partial charge < -0.3 is 15.1 Å². The van der Waals surface area contributed by atoms with Crippen LogP contribution in [-0.4, -0.2) is 35.7 Å². The van der Waals surface area contributed by atoms with E-state index in [0.29, 0.717) is 5.69 Å². The zero-order valence-electron chi connectivity index (χ0n) is 8.88. The lowest BCUT2D eigenvalue weighted by Gasteiger charge is -2.20. The zero-order chi connectivity index (χ0) is 12.1. The maximum Gasteiger partial charge on any atom is 0.337 e. The van der Waals surface area contributed by atoms with Crippen LogP contribution >= 0.6 is 0 Å². The molecular formula is C11H13NO4. The summed E-state index contributed by atoms with van der Waals surface area (Å²) in [5.41, 5.74) is 0.701. The minimum absolute atomic E-state index is 0.0234. The third-order valence-electron chi connectivity index (χ3n) is 2.21. The molecule has 0 aliphatic carbocycles. The van der Waals surface area contributed by atoms with Crippen molar-refractivity contribution in [2.45, 2.75) is 6.42 Å². The molecule has 1 rings (SSSR count). The number of aromatic carboxylic acids is 1. The van der Waals surface area contributed by atoms with E-state index >= 15 is 0 Å². The Balaban J connectivity index is 2.85. The molecule has 0 amide bonds. The van der Waals surface area contributed by atoms with Crippen molar-refractivity contribution < 1.29 is 19.8 Å². The van der Waals surface area contributed by atoms with Gasteiger partial charge in [-0.1, -0.05) is 12.1 Å². The Morgan fingerprint density at radius 3 is 2.44 bits per heavy atom. The molecule has 0 atom stereocenters. The quantitative estimate of drug-likeness (QED) is 0.786. The number of anilines is 1. The Hall–Kier alpha value is -2.04. The van der Waals surface area contributed by atoms with Crippen molar-refractivity contribution in [3.8, 4) is 0 Å². The Kier molecular flexibility index (Phi) is 3.88. The van der Waals surface area contributed by atoms with E-state index in [1.165, 1.54) is 6.07 Å². The van der Waals surface area contributed by atoms with E-state index in [9.17, 15) is 9.59 Å². The first-order valence-electron chi connectivity index (χ1n) is 4.77. The van der Waals surface area contributed by atoms with E-state index in [1.807, 2.05) is 0 Å². The van der Waals surface area contributed by atoms with Gasteiger partial charge in [0.15, 0.2) is 0 Å². The number of carbonyl (C=O) groups is 2. The number of carboxylic acid groups (broad SMARTS) is 2. The van der Waals surface area contributed by atoms with Crippen molar-refractivity contribution in [3.05, 3.63) is 29.8 Å². The predicted octanol–water partition coefficient (Wildman–Crippen LogP) is 1.30. The van der Waals surface area contributed by atoms with E-state index in [1.54, 1.807) is 30.1 Å². The molecule has 0 radical (unpaired) electrons. The molecule has 5 heteroatoms. The predicted molar refractivity (Wildman–Crippen MR) is 58.9 cm³/mol. The second-order valence-electron chi connectivity index (χ2n) is 3.39. The van der Waals surface area contributed by atoms with Gasteiger partial charge in [0, 0.05) is 13.6 Å². The van der Waals surface area contributed by atoms with Gasteiger partial charge in [-0.15, -0.1) is 0 Å². The normalized spacial score (nSPS) is 9.81. The summed E-state index contributed by atoms with van der Waals surface area (Å²) in [6.45, 7) is 0.277. The molecular weight excluding hydrogens is 210 g/mol. The van der Waals surface area contributed by atoms with Crippen LogP contribution in [0.1, 0.15) is 16.8 Å². The lowest BCUT2D eigenvalue weighted by atomic mass is 10.1. The Bertz CT molecular complexity index is 403. The lowest BCUT2D eigenvalue weighted by Crippen LogP contribution is -2.23. The second-order valence-corrected chi connectivity index (χ2v) is 3.39. The van der Waals surface area contributed by atoms with Crippen molar-refractivity contribution >= 4 is 17.6 Å². The zero-order valence-corrected chi connectivity index (χ0v) is 8.88. The number of hydrogen-bond acceptors (Lipinski definition) is 3. The summed E-state index contributed by atoms with van der Waals surface area (Å²) in [5, 5.41) is 17.5. The molecule has 0 aromatic heterocycles. The van der Waals surface area contributed by atoms with Gasteiger partial charge in [-0.05, 0) is 12.1 Å². The van der Waals surface area contributed by atoms with Crippen molar-refractivity contribution in [1.29, 1.82) is 0 Å². The molecule has 0 saturated heterocycles. The van der Waals surface area contributed by atoms with Crippen molar-refractivity contribution in [1.82, 2.24) is 0 Å². The van der Waals surface area contributed by atoms with E-state index in [0.717, 1.165) is 0 Å². The van der Waals surface area contributed by atoms with Gasteiger partial charge in [-0.3, -0.25) is 4.79 Å². The highest BCUT2D eigenvalue weighted by molar-refractivity contribution is 5.94. The third-order valence-corrected chi connectivity index (χ3v) is 2.21. The fourth-order valence-electron chi connectivity index (χ4n) is 1.37. The van der Waals surface area contributed by atoms with Gasteiger partial charge in [0.05, 0.1) is 17.7 Å². The second kappa shape index (κ2) is 5.16. The van der Waals surface area contributed by atoms with Gasteiger partial charge in [-0.25, -0.2) is 4.79 Å². The molecule has 0 bridgehead atoms. The molecule has 86 valence electrons. The summed E-state index contributed by atoms with van der Waals surface area (Å²) in [7, 11) is 1.67. The van der Waals surface area contributed by atoms with Crippen LogP contribution in [0.25, 0.3) is 0 Å². The molecule has 0 saturated carbocycles. The summed E-state index contributed by atoms with van der Waals surface area (Å²) in [6.07, 6.45) is -0.0234. The fourth-order valence-corrected chi connectivity index (χ4v) is 1.37. The van der Waals surface area contributed by atoms with Crippen molar-refractivity contribution in [2.75, 3.05) is 18.5 Å². The van der Waals surface area contributed by atoms with Crippen LogP contribution in [0.15, 0.2) is 24.3 Å². The molecule has 0 heterocycles. The van der Waals surface area contributed by atoms with Gasteiger partial charge in [-0.2, -0.15) is 0 Å². The average Bonchev–Trinajstić information content (AvgIpc) is 2.25. The largest absolute Gasteiger partial charge is 0.481 e. The van der Waals surface area contributed by atoms with Crippen LogP contribution in [0.5, 0.6) is 0 Å². The minimum atomic E-state index is -1.02. The van der Waals surface area contributed by atoms with E-state index in [4.69, 9.17) is 10.2 Å². The number of nitrogens with zero attached hydrogens (tertiary/aromatic N) is 1. The average molecular weight is 223 g/mol. The van der Waals surface area contributed by atoms with Crippen LogP contribution in [0.3, 0.4) is 0 Å². The highest BCUT2D eigenvalue weighted by Crippen LogP contribution is 2.19. The molecule has 0 aliphatic heterocycles. The molecule has 0 unspecified atom stereocenters. The number of benzene rings is 1. The maximum atomic E-state index is 10.9. The van der Waals surface area contributed by atoms with Crippen LogP contribution in [0, 0.1) is 0 Å². The van der Waals surface area contributed by atoms with Gasteiger partial charge in [0.1, 0.15) is 0 Å². The van der Waals surface area contributed by atoms with Crippen LogP contribution in [0.2, 0.25) is 0 Å². The number of aliphatic carboxylic acids is 1. The highest BCUT2D eigenvalue weighted by atomic mass is 16.4. The molecule has 1 aromatic rings. The molecule has 2 N–H and O–H groups in total. The first-order valence-corrected chi connectivity index (χ1v) is 4.77.